The molecule has 3 N–H and O–H groups in total. The van der Waals surface area contributed by atoms with Crippen LogP contribution < -0.4 is 0 Å². The van der Waals surface area contributed by atoms with Crippen molar-refractivity contribution in [3.05, 3.63) is 12.2 Å². The second kappa shape index (κ2) is 14.2. The summed E-state index contributed by atoms with van der Waals surface area (Å²) in [7, 11) is 0. The van der Waals surface area contributed by atoms with Crippen molar-refractivity contribution in [2.75, 3.05) is 0 Å². The van der Waals surface area contributed by atoms with Gasteiger partial charge in [0, 0.05) is 6.42 Å². The molecule has 0 amide bonds. The van der Waals surface area contributed by atoms with E-state index in [1.165, 1.54) is 0 Å². The highest BCUT2D eigenvalue weighted by molar-refractivity contribution is 5.66. The normalized spacial score (nSPS) is 12.9. The zero-order valence-electron chi connectivity index (χ0n) is 13.2. The quantitative estimate of drug-likeness (QED) is 0.428. The maximum absolute atomic E-state index is 10.3. The number of aliphatic hydroxyl groups excluding tert-OH is 2. The van der Waals surface area contributed by atoms with Crippen LogP contribution in [0.1, 0.15) is 58.3 Å². The van der Waals surface area contributed by atoms with Gasteiger partial charge in [0.1, 0.15) is 6.10 Å². The molecular formula is C18H26O4. The smallest absolute Gasteiger partial charge is 0.303 e. The topological polar surface area (TPSA) is 77.8 Å². The van der Waals surface area contributed by atoms with Crippen molar-refractivity contribution < 1.29 is 20.1 Å². The molecule has 0 bridgehead atoms. The number of carboxylic acid groups (broad SMARTS) is 1. The van der Waals surface area contributed by atoms with Gasteiger partial charge in [0.2, 0.25) is 0 Å². The number of hydrogen-bond acceptors (Lipinski definition) is 3. The number of unbranched alkanes of at least 4 members (excludes halogenated alkanes) is 4. The average Bonchev–Trinajstić information content (AvgIpc) is 2.49. The summed E-state index contributed by atoms with van der Waals surface area (Å²) in [5, 5.41) is 27.4. The number of aliphatic hydroxyl groups is 2. The first-order valence-electron chi connectivity index (χ1n) is 7.82. The number of aliphatic carboxylic acids is 1. The molecule has 0 rings (SSSR count). The van der Waals surface area contributed by atoms with E-state index in [1.807, 2.05) is 6.92 Å². The summed E-state index contributed by atoms with van der Waals surface area (Å²) >= 11 is 0. The Bertz CT molecular complexity index is 445. The standard InChI is InChI=1S/C18H26O4/c1-2-16(19)12-8-6-7-10-14-17(20)13-9-4-3-5-11-15-18(21)22/h10,14,16-17,19-20H,2-5,9,11,13,15H2,1H3,(H,21,22)/b14-10+. The molecule has 2 unspecified atom stereocenters. The molecule has 22 heavy (non-hydrogen) atoms. The fraction of sp³-hybridized carbons (Fsp3) is 0.611. The Labute approximate surface area is 133 Å². The van der Waals surface area contributed by atoms with Crippen LogP contribution in [0.4, 0.5) is 0 Å². The van der Waals surface area contributed by atoms with E-state index in [0.717, 1.165) is 32.1 Å². The summed E-state index contributed by atoms with van der Waals surface area (Å²) in [6, 6.07) is 0. The van der Waals surface area contributed by atoms with Crippen LogP contribution in [0.2, 0.25) is 0 Å². The first kappa shape index (κ1) is 20.2. The van der Waals surface area contributed by atoms with Gasteiger partial charge < -0.3 is 15.3 Å². The highest BCUT2D eigenvalue weighted by Gasteiger charge is 1.99. The van der Waals surface area contributed by atoms with Crippen LogP contribution in [0.5, 0.6) is 0 Å². The monoisotopic (exact) mass is 306 g/mol. The van der Waals surface area contributed by atoms with Crippen molar-refractivity contribution in [3.8, 4) is 23.7 Å². The minimum Gasteiger partial charge on any atom is -0.481 e. The van der Waals surface area contributed by atoms with Crippen molar-refractivity contribution >= 4 is 5.97 Å². The third-order valence-electron chi connectivity index (χ3n) is 3.05. The summed E-state index contributed by atoms with van der Waals surface area (Å²) < 4.78 is 0. The van der Waals surface area contributed by atoms with E-state index in [2.05, 4.69) is 23.7 Å². The zero-order valence-corrected chi connectivity index (χ0v) is 13.2. The zero-order chi connectivity index (χ0) is 16.6. The molecule has 0 heterocycles. The molecule has 0 radical (unpaired) electrons. The van der Waals surface area contributed by atoms with Gasteiger partial charge in [-0.15, -0.1) is 0 Å². The van der Waals surface area contributed by atoms with Crippen molar-refractivity contribution in [3.63, 3.8) is 0 Å². The van der Waals surface area contributed by atoms with E-state index < -0.39 is 18.2 Å². The van der Waals surface area contributed by atoms with Gasteiger partial charge >= 0.3 is 5.97 Å². The predicted molar refractivity (Wildman–Crippen MR) is 87.0 cm³/mol. The van der Waals surface area contributed by atoms with Crippen LogP contribution in [0, 0.1) is 23.7 Å². The lowest BCUT2D eigenvalue weighted by atomic mass is 10.1. The van der Waals surface area contributed by atoms with Crippen LogP contribution in [0.25, 0.3) is 0 Å². The van der Waals surface area contributed by atoms with E-state index in [-0.39, 0.29) is 6.42 Å². The minimum absolute atomic E-state index is 0.238. The van der Waals surface area contributed by atoms with Gasteiger partial charge in [-0.1, -0.05) is 44.4 Å². The Kier molecular flexibility index (Phi) is 13.1. The van der Waals surface area contributed by atoms with Crippen LogP contribution >= 0.6 is 0 Å². The molecule has 0 aliphatic carbocycles. The Morgan fingerprint density at radius 1 is 1.09 bits per heavy atom. The first-order chi connectivity index (χ1) is 10.6. The molecule has 0 spiro atoms. The molecule has 0 aliphatic heterocycles. The second-order valence-corrected chi connectivity index (χ2v) is 5.09. The average molecular weight is 306 g/mol. The lowest BCUT2D eigenvalue weighted by molar-refractivity contribution is -0.137. The highest BCUT2D eigenvalue weighted by Crippen LogP contribution is 2.09. The largest absolute Gasteiger partial charge is 0.481 e. The third kappa shape index (κ3) is 14.7. The van der Waals surface area contributed by atoms with Gasteiger partial charge in [-0.05, 0) is 43.3 Å². The van der Waals surface area contributed by atoms with Gasteiger partial charge in [0.05, 0.1) is 6.10 Å². The van der Waals surface area contributed by atoms with Crippen molar-refractivity contribution in [1.29, 1.82) is 0 Å². The molecule has 0 aromatic carbocycles. The summed E-state index contributed by atoms with van der Waals surface area (Å²) in [5.74, 6) is 9.68. The number of allylic oxidation sites excluding steroid dienone is 1. The molecule has 2 atom stereocenters. The SMILES string of the molecule is CCC(O)C#CC#C/C=C/C(O)CCCCCCCC(=O)O. The molecule has 122 valence electrons. The molecular weight excluding hydrogens is 280 g/mol. The molecule has 4 nitrogen and oxygen atoms in total. The van der Waals surface area contributed by atoms with Gasteiger partial charge in [0.25, 0.3) is 0 Å². The summed E-state index contributed by atoms with van der Waals surface area (Å²) in [5.41, 5.74) is 0. The number of carbonyl (C=O) groups is 1. The molecule has 0 saturated carbocycles. The van der Waals surface area contributed by atoms with E-state index in [9.17, 15) is 15.0 Å². The van der Waals surface area contributed by atoms with Crippen molar-refractivity contribution in [2.24, 2.45) is 0 Å². The molecule has 4 heteroatoms. The molecule has 0 saturated heterocycles. The van der Waals surface area contributed by atoms with Crippen LogP contribution in [0.3, 0.4) is 0 Å². The van der Waals surface area contributed by atoms with E-state index in [0.29, 0.717) is 12.8 Å². The fourth-order valence-corrected chi connectivity index (χ4v) is 1.71. The second-order valence-electron chi connectivity index (χ2n) is 5.09. The van der Waals surface area contributed by atoms with Crippen LogP contribution in [-0.4, -0.2) is 33.5 Å². The minimum atomic E-state index is -0.740. The van der Waals surface area contributed by atoms with E-state index in [4.69, 9.17) is 5.11 Å². The van der Waals surface area contributed by atoms with Gasteiger partial charge in [-0.25, -0.2) is 0 Å². The van der Waals surface area contributed by atoms with Gasteiger partial charge in [-0.3, -0.25) is 4.79 Å². The van der Waals surface area contributed by atoms with E-state index in [1.54, 1.807) is 12.2 Å². The maximum atomic E-state index is 10.3. The lowest BCUT2D eigenvalue weighted by Crippen LogP contribution is -2.01. The first-order valence-corrected chi connectivity index (χ1v) is 7.82. The molecule has 0 aromatic heterocycles. The molecule has 0 aliphatic rings. The van der Waals surface area contributed by atoms with Crippen molar-refractivity contribution in [2.45, 2.75) is 70.5 Å². The summed E-state index contributed by atoms with van der Waals surface area (Å²) in [4.78, 5) is 10.3. The van der Waals surface area contributed by atoms with E-state index >= 15 is 0 Å². The summed E-state index contributed by atoms with van der Waals surface area (Å²) in [6.07, 6.45) is 8.12. The van der Waals surface area contributed by atoms with Gasteiger partial charge in [-0.2, -0.15) is 0 Å². The van der Waals surface area contributed by atoms with Crippen LogP contribution in [-0.2, 0) is 4.79 Å². The number of hydrogen-bond donors (Lipinski definition) is 3. The lowest BCUT2D eigenvalue weighted by Gasteiger charge is -2.04. The fourth-order valence-electron chi connectivity index (χ4n) is 1.71. The third-order valence-corrected chi connectivity index (χ3v) is 3.05. The highest BCUT2D eigenvalue weighted by atomic mass is 16.4. The Balaban J connectivity index is 3.66. The van der Waals surface area contributed by atoms with Crippen LogP contribution in [0.15, 0.2) is 12.2 Å². The number of carboxylic acids is 1. The Morgan fingerprint density at radius 3 is 2.45 bits per heavy atom. The predicted octanol–water partition coefficient (Wildman–Crippen LogP) is 2.50. The van der Waals surface area contributed by atoms with Crippen molar-refractivity contribution in [1.82, 2.24) is 0 Å². The summed E-state index contributed by atoms with van der Waals surface area (Å²) in [6.45, 7) is 1.84. The maximum Gasteiger partial charge on any atom is 0.303 e. The Hall–Kier alpha value is -1.75. The molecule has 0 fully saturated rings. The Morgan fingerprint density at radius 2 is 1.77 bits per heavy atom. The molecule has 0 aromatic rings. The number of rotatable bonds is 10. The van der Waals surface area contributed by atoms with Gasteiger partial charge in [0.15, 0.2) is 0 Å².